The Labute approximate surface area is 256 Å². The molecule has 0 fully saturated rings. The van der Waals surface area contributed by atoms with Crippen molar-refractivity contribution in [2.24, 2.45) is 0 Å². The molecule has 0 N–H and O–H groups in total. The highest BCUT2D eigenvalue weighted by Gasteiger charge is 2.15. The Hall–Kier alpha value is -5.93. The first-order chi connectivity index (χ1) is 21.8. The maximum absolute atomic E-state index is 4.99. The second kappa shape index (κ2) is 11.0. The van der Waals surface area contributed by atoms with Crippen LogP contribution in [0, 0.1) is 0 Å². The summed E-state index contributed by atoms with van der Waals surface area (Å²) in [4.78, 5) is 14.9. The van der Waals surface area contributed by atoms with Crippen LogP contribution in [0.5, 0.6) is 0 Å². The summed E-state index contributed by atoms with van der Waals surface area (Å²) in [6.07, 6.45) is 0. The third-order valence-electron chi connectivity index (χ3n) is 8.12. The van der Waals surface area contributed by atoms with Crippen molar-refractivity contribution in [1.82, 2.24) is 15.0 Å². The number of hydrogen-bond donors (Lipinski definition) is 0. The average molecular weight is 562 g/mol. The SMILES string of the molecule is c1ccc(-c2nc(-c3ccc(-c4ccc5ccccc5c4-c4ccccc4)cc3)nc(-c3ccc4ccccc4c3)n2)cc1. The molecule has 1 heterocycles. The molecule has 0 saturated carbocycles. The zero-order valence-electron chi connectivity index (χ0n) is 23.9. The van der Waals surface area contributed by atoms with Crippen LogP contribution in [0.3, 0.4) is 0 Å². The zero-order valence-corrected chi connectivity index (χ0v) is 23.9. The Morgan fingerprint density at radius 1 is 0.295 bits per heavy atom. The Bertz CT molecular complexity index is 2260. The number of aromatic nitrogens is 3. The summed E-state index contributed by atoms with van der Waals surface area (Å²) in [5.41, 5.74) is 7.64. The van der Waals surface area contributed by atoms with Crippen LogP contribution in [0.25, 0.3) is 78.0 Å². The van der Waals surface area contributed by atoms with Gasteiger partial charge in [-0.2, -0.15) is 0 Å². The summed E-state index contributed by atoms with van der Waals surface area (Å²) in [6.45, 7) is 0. The molecule has 206 valence electrons. The van der Waals surface area contributed by atoms with E-state index in [1.807, 2.05) is 30.3 Å². The lowest BCUT2D eigenvalue weighted by Crippen LogP contribution is -2.00. The van der Waals surface area contributed by atoms with E-state index in [2.05, 4.69) is 133 Å². The Morgan fingerprint density at radius 2 is 0.773 bits per heavy atom. The predicted octanol–water partition coefficient (Wildman–Crippen LogP) is 10.5. The monoisotopic (exact) mass is 561 g/mol. The molecular formula is C41H27N3. The molecule has 0 amide bonds. The molecule has 0 spiro atoms. The first-order valence-electron chi connectivity index (χ1n) is 14.8. The molecule has 0 unspecified atom stereocenters. The van der Waals surface area contributed by atoms with E-state index < -0.39 is 0 Å². The molecule has 0 radical (unpaired) electrons. The van der Waals surface area contributed by atoms with Crippen LogP contribution < -0.4 is 0 Å². The largest absolute Gasteiger partial charge is 0.208 e. The molecule has 1 aromatic heterocycles. The molecule has 0 aliphatic rings. The fourth-order valence-corrected chi connectivity index (χ4v) is 5.91. The van der Waals surface area contributed by atoms with Crippen LogP contribution >= 0.6 is 0 Å². The fraction of sp³-hybridized carbons (Fsp3) is 0. The first kappa shape index (κ1) is 25.8. The van der Waals surface area contributed by atoms with Gasteiger partial charge in [0.1, 0.15) is 0 Å². The van der Waals surface area contributed by atoms with Crippen LogP contribution in [0.4, 0.5) is 0 Å². The second-order valence-corrected chi connectivity index (χ2v) is 10.9. The van der Waals surface area contributed by atoms with Gasteiger partial charge in [-0.15, -0.1) is 0 Å². The molecular weight excluding hydrogens is 534 g/mol. The maximum atomic E-state index is 4.99. The lowest BCUT2D eigenvalue weighted by atomic mass is 9.89. The average Bonchev–Trinajstić information content (AvgIpc) is 3.11. The van der Waals surface area contributed by atoms with Gasteiger partial charge < -0.3 is 0 Å². The number of nitrogens with zero attached hydrogens (tertiary/aromatic N) is 3. The van der Waals surface area contributed by atoms with Crippen molar-refractivity contribution in [1.29, 1.82) is 0 Å². The molecule has 8 rings (SSSR count). The summed E-state index contributed by atoms with van der Waals surface area (Å²) in [5.74, 6) is 1.96. The normalized spacial score (nSPS) is 11.2. The van der Waals surface area contributed by atoms with Gasteiger partial charge in [0.2, 0.25) is 0 Å². The minimum atomic E-state index is 0.648. The van der Waals surface area contributed by atoms with Gasteiger partial charge in [0.05, 0.1) is 0 Å². The van der Waals surface area contributed by atoms with Crippen LogP contribution in [0.1, 0.15) is 0 Å². The Kier molecular flexibility index (Phi) is 6.47. The Morgan fingerprint density at radius 3 is 1.48 bits per heavy atom. The molecule has 8 aromatic rings. The molecule has 0 atom stereocenters. The highest BCUT2D eigenvalue weighted by molar-refractivity contribution is 6.04. The van der Waals surface area contributed by atoms with Crippen molar-refractivity contribution in [3.63, 3.8) is 0 Å². The van der Waals surface area contributed by atoms with Crippen molar-refractivity contribution >= 4 is 21.5 Å². The topological polar surface area (TPSA) is 38.7 Å². The summed E-state index contributed by atoms with van der Waals surface area (Å²) in [7, 11) is 0. The lowest BCUT2D eigenvalue weighted by Gasteiger charge is -2.15. The second-order valence-electron chi connectivity index (χ2n) is 10.9. The van der Waals surface area contributed by atoms with Crippen molar-refractivity contribution in [2.75, 3.05) is 0 Å². The number of fused-ring (bicyclic) bond motifs is 2. The summed E-state index contributed by atoms with van der Waals surface area (Å²) in [6, 6.07) is 57.1. The molecule has 0 aliphatic carbocycles. The van der Waals surface area contributed by atoms with Crippen molar-refractivity contribution in [2.45, 2.75) is 0 Å². The van der Waals surface area contributed by atoms with Gasteiger partial charge in [-0.1, -0.05) is 158 Å². The van der Waals surface area contributed by atoms with Crippen molar-refractivity contribution in [3.05, 3.63) is 164 Å². The quantitative estimate of drug-likeness (QED) is 0.210. The summed E-state index contributed by atoms with van der Waals surface area (Å²) in [5, 5.41) is 4.81. The van der Waals surface area contributed by atoms with Gasteiger partial charge >= 0.3 is 0 Å². The maximum Gasteiger partial charge on any atom is 0.164 e. The number of hydrogen-bond acceptors (Lipinski definition) is 3. The predicted molar refractivity (Wildman–Crippen MR) is 182 cm³/mol. The van der Waals surface area contributed by atoms with Crippen LogP contribution in [0.2, 0.25) is 0 Å². The van der Waals surface area contributed by atoms with Crippen molar-refractivity contribution in [3.8, 4) is 56.4 Å². The van der Waals surface area contributed by atoms with Gasteiger partial charge in [-0.05, 0) is 49.9 Å². The van der Waals surface area contributed by atoms with Gasteiger partial charge in [0.15, 0.2) is 17.5 Å². The minimum absolute atomic E-state index is 0.648. The van der Waals surface area contributed by atoms with Gasteiger partial charge in [0, 0.05) is 16.7 Å². The third-order valence-corrected chi connectivity index (χ3v) is 8.12. The highest BCUT2D eigenvalue weighted by atomic mass is 15.0. The van der Waals surface area contributed by atoms with E-state index in [1.54, 1.807) is 0 Å². The minimum Gasteiger partial charge on any atom is -0.208 e. The standard InChI is InChI=1S/C41H27N3/c1-3-13-31(14-4-1)38-36-18-10-9-12-29(36)25-26-37(38)30-20-22-33(23-21-30)40-42-39(32-15-5-2-6-16-32)43-41(44-40)35-24-19-28-11-7-8-17-34(28)27-35/h1-27H. The molecule has 44 heavy (non-hydrogen) atoms. The number of rotatable bonds is 5. The van der Waals surface area contributed by atoms with Gasteiger partial charge in [-0.25, -0.2) is 15.0 Å². The van der Waals surface area contributed by atoms with Crippen LogP contribution in [0.15, 0.2) is 164 Å². The first-order valence-corrected chi connectivity index (χ1v) is 14.8. The van der Waals surface area contributed by atoms with E-state index in [-0.39, 0.29) is 0 Å². The molecule has 0 aliphatic heterocycles. The summed E-state index contributed by atoms with van der Waals surface area (Å²) >= 11 is 0. The molecule has 7 aromatic carbocycles. The van der Waals surface area contributed by atoms with E-state index >= 15 is 0 Å². The zero-order chi connectivity index (χ0) is 29.3. The molecule has 0 saturated heterocycles. The fourth-order valence-electron chi connectivity index (χ4n) is 5.91. The van der Waals surface area contributed by atoms with E-state index in [9.17, 15) is 0 Å². The van der Waals surface area contributed by atoms with Gasteiger partial charge in [0.25, 0.3) is 0 Å². The van der Waals surface area contributed by atoms with Crippen LogP contribution in [-0.2, 0) is 0 Å². The molecule has 3 nitrogen and oxygen atoms in total. The van der Waals surface area contributed by atoms with E-state index in [4.69, 9.17) is 15.0 Å². The Balaban J connectivity index is 1.25. The smallest absolute Gasteiger partial charge is 0.164 e. The highest BCUT2D eigenvalue weighted by Crippen LogP contribution is 2.38. The van der Waals surface area contributed by atoms with Gasteiger partial charge in [-0.3, -0.25) is 0 Å². The van der Waals surface area contributed by atoms with Crippen LogP contribution in [-0.4, -0.2) is 15.0 Å². The van der Waals surface area contributed by atoms with E-state index in [0.29, 0.717) is 17.5 Å². The van der Waals surface area contributed by atoms with Crippen molar-refractivity contribution < 1.29 is 0 Å². The van der Waals surface area contributed by atoms with E-state index in [0.717, 1.165) is 27.6 Å². The summed E-state index contributed by atoms with van der Waals surface area (Å²) < 4.78 is 0. The lowest BCUT2D eigenvalue weighted by molar-refractivity contribution is 1.07. The molecule has 0 bridgehead atoms. The van der Waals surface area contributed by atoms with E-state index in [1.165, 1.54) is 32.8 Å². The third kappa shape index (κ3) is 4.81. The molecule has 3 heteroatoms. The number of benzene rings is 7.